The van der Waals surface area contributed by atoms with Gasteiger partial charge in [-0.05, 0) is 43.3 Å². The normalized spacial score (nSPS) is 12.1. The van der Waals surface area contributed by atoms with Gasteiger partial charge in [0.15, 0.2) is 0 Å². The van der Waals surface area contributed by atoms with Gasteiger partial charge in [0, 0.05) is 16.7 Å². The minimum atomic E-state index is -0.195. The molecule has 1 N–H and O–H groups in total. The Kier molecular flexibility index (Phi) is 6.09. The first-order valence-corrected chi connectivity index (χ1v) is 10.7. The third-order valence-electron chi connectivity index (χ3n) is 4.62. The predicted octanol–water partition coefficient (Wildman–Crippen LogP) is 5.21. The molecule has 0 saturated carbocycles. The molecule has 1 amide bonds. The van der Waals surface area contributed by atoms with Gasteiger partial charge in [-0.3, -0.25) is 4.79 Å². The molecular weight excluding hydrogens is 400 g/mol. The number of para-hydroxylation sites is 1. The lowest BCUT2D eigenvalue weighted by Gasteiger charge is -2.10. The van der Waals surface area contributed by atoms with E-state index < -0.39 is 0 Å². The summed E-state index contributed by atoms with van der Waals surface area (Å²) in [5.41, 5.74) is 2.50. The van der Waals surface area contributed by atoms with Crippen LogP contribution in [-0.4, -0.2) is 23.8 Å². The summed E-state index contributed by atoms with van der Waals surface area (Å²) >= 11 is 1.49. The van der Waals surface area contributed by atoms with Gasteiger partial charge < -0.3 is 18.9 Å². The van der Waals surface area contributed by atoms with Crippen LogP contribution in [0, 0.1) is 0 Å². The second-order valence-corrected chi connectivity index (χ2v) is 7.83. The standard InChI is InChI=1S/C23H22N2O4S/c1-15(21-11-17-5-3-4-6-20(17)29-21)24-22(26)14-30-13-18-12-28-23(25-18)16-7-9-19(27-2)10-8-16/h3-12,15H,13-14H2,1-2H3,(H,24,26)/t15-/m0/s1. The number of rotatable bonds is 8. The fourth-order valence-electron chi connectivity index (χ4n) is 3.06. The van der Waals surface area contributed by atoms with Gasteiger partial charge in [0.2, 0.25) is 11.8 Å². The molecule has 0 radical (unpaired) electrons. The molecule has 30 heavy (non-hydrogen) atoms. The number of amides is 1. The summed E-state index contributed by atoms with van der Waals surface area (Å²) < 4.78 is 16.5. The fraction of sp³-hybridized carbons (Fsp3) is 0.217. The van der Waals surface area contributed by atoms with Crippen LogP contribution < -0.4 is 10.1 Å². The van der Waals surface area contributed by atoms with Crippen molar-refractivity contribution in [3.05, 3.63) is 72.3 Å². The molecule has 4 aromatic rings. The molecule has 0 aliphatic rings. The fourth-order valence-corrected chi connectivity index (χ4v) is 3.77. The van der Waals surface area contributed by atoms with Crippen molar-refractivity contribution in [3.63, 3.8) is 0 Å². The molecule has 0 aliphatic heterocycles. The minimum absolute atomic E-state index is 0.0492. The highest BCUT2D eigenvalue weighted by atomic mass is 32.2. The Hall–Kier alpha value is -3.19. The zero-order valence-electron chi connectivity index (χ0n) is 16.8. The quantitative estimate of drug-likeness (QED) is 0.420. The third-order valence-corrected chi connectivity index (χ3v) is 5.59. The highest BCUT2D eigenvalue weighted by Crippen LogP contribution is 2.25. The molecule has 2 aromatic carbocycles. The van der Waals surface area contributed by atoms with E-state index in [2.05, 4.69) is 10.3 Å². The second kappa shape index (κ2) is 9.09. The van der Waals surface area contributed by atoms with E-state index >= 15 is 0 Å². The number of carbonyl (C=O) groups excluding carboxylic acids is 1. The number of aromatic nitrogens is 1. The summed E-state index contributed by atoms with van der Waals surface area (Å²) in [6, 6.07) is 17.1. The Morgan fingerprint density at radius 1 is 1.20 bits per heavy atom. The summed E-state index contributed by atoms with van der Waals surface area (Å²) in [5, 5.41) is 4.01. The van der Waals surface area contributed by atoms with Gasteiger partial charge in [-0.1, -0.05) is 18.2 Å². The molecule has 1 atom stereocenters. The summed E-state index contributed by atoms with van der Waals surface area (Å²) in [7, 11) is 1.63. The molecule has 0 spiro atoms. The van der Waals surface area contributed by atoms with E-state index in [1.54, 1.807) is 13.4 Å². The van der Waals surface area contributed by atoms with Crippen molar-refractivity contribution < 1.29 is 18.4 Å². The number of methoxy groups -OCH3 is 1. The van der Waals surface area contributed by atoms with Crippen LogP contribution in [0.4, 0.5) is 0 Å². The number of benzene rings is 2. The zero-order valence-corrected chi connectivity index (χ0v) is 17.6. The minimum Gasteiger partial charge on any atom is -0.497 e. The SMILES string of the molecule is COc1ccc(-c2nc(CSCC(=O)N[C@@H](C)c3cc4ccccc4o3)co2)cc1. The van der Waals surface area contributed by atoms with Crippen molar-refractivity contribution in [2.75, 3.05) is 12.9 Å². The molecule has 4 rings (SSSR count). The number of ether oxygens (including phenoxy) is 1. The maximum absolute atomic E-state index is 12.3. The summed E-state index contributed by atoms with van der Waals surface area (Å²) in [6.07, 6.45) is 1.63. The maximum Gasteiger partial charge on any atom is 0.230 e. The first-order chi connectivity index (χ1) is 14.6. The van der Waals surface area contributed by atoms with Crippen LogP contribution in [0.15, 0.2) is 69.7 Å². The van der Waals surface area contributed by atoms with Crippen molar-refractivity contribution in [2.45, 2.75) is 18.7 Å². The molecule has 0 saturated heterocycles. The van der Waals surface area contributed by atoms with Crippen molar-refractivity contribution in [1.29, 1.82) is 0 Å². The van der Waals surface area contributed by atoms with Crippen LogP contribution in [-0.2, 0) is 10.5 Å². The Bertz CT molecular complexity index is 1100. The molecule has 0 fully saturated rings. The summed E-state index contributed by atoms with van der Waals surface area (Å²) in [5.74, 6) is 2.95. The van der Waals surface area contributed by atoms with Gasteiger partial charge in [-0.2, -0.15) is 0 Å². The van der Waals surface area contributed by atoms with Crippen molar-refractivity contribution in [1.82, 2.24) is 10.3 Å². The molecular formula is C23H22N2O4S. The smallest absolute Gasteiger partial charge is 0.230 e. The third kappa shape index (κ3) is 4.68. The van der Waals surface area contributed by atoms with E-state index in [0.29, 0.717) is 17.4 Å². The number of nitrogens with zero attached hydrogens (tertiary/aromatic N) is 1. The van der Waals surface area contributed by atoms with Crippen LogP contribution in [0.5, 0.6) is 5.75 Å². The van der Waals surface area contributed by atoms with E-state index in [1.165, 1.54) is 11.8 Å². The lowest BCUT2D eigenvalue weighted by Crippen LogP contribution is -2.28. The number of hydrogen-bond acceptors (Lipinski definition) is 6. The van der Waals surface area contributed by atoms with Crippen molar-refractivity contribution in [3.8, 4) is 17.2 Å². The van der Waals surface area contributed by atoms with Crippen molar-refractivity contribution in [2.24, 2.45) is 0 Å². The molecule has 7 heteroatoms. The lowest BCUT2D eigenvalue weighted by molar-refractivity contribution is -0.119. The van der Waals surface area contributed by atoms with Crippen LogP contribution in [0.1, 0.15) is 24.4 Å². The Balaban J connectivity index is 1.26. The highest BCUT2D eigenvalue weighted by molar-refractivity contribution is 7.99. The van der Waals surface area contributed by atoms with E-state index in [4.69, 9.17) is 13.6 Å². The van der Waals surface area contributed by atoms with E-state index in [9.17, 15) is 4.79 Å². The van der Waals surface area contributed by atoms with Crippen LogP contribution in [0.2, 0.25) is 0 Å². The first kappa shape index (κ1) is 20.1. The number of fused-ring (bicyclic) bond motifs is 1. The zero-order chi connectivity index (χ0) is 20.9. The van der Waals surface area contributed by atoms with E-state index in [-0.39, 0.29) is 11.9 Å². The van der Waals surface area contributed by atoms with Gasteiger partial charge in [-0.15, -0.1) is 11.8 Å². The Morgan fingerprint density at radius 3 is 2.77 bits per heavy atom. The molecule has 154 valence electrons. The van der Waals surface area contributed by atoms with Crippen molar-refractivity contribution >= 4 is 28.6 Å². The number of furan rings is 1. The largest absolute Gasteiger partial charge is 0.497 e. The molecule has 2 heterocycles. The second-order valence-electron chi connectivity index (χ2n) is 6.84. The Morgan fingerprint density at radius 2 is 2.00 bits per heavy atom. The number of hydrogen-bond donors (Lipinski definition) is 1. The molecule has 0 bridgehead atoms. The number of carbonyl (C=O) groups is 1. The van der Waals surface area contributed by atoms with Crippen LogP contribution in [0.25, 0.3) is 22.4 Å². The van der Waals surface area contributed by atoms with E-state index in [0.717, 1.165) is 33.7 Å². The molecule has 6 nitrogen and oxygen atoms in total. The van der Waals surface area contributed by atoms with Gasteiger partial charge in [0.05, 0.1) is 24.6 Å². The molecule has 0 unspecified atom stereocenters. The first-order valence-electron chi connectivity index (χ1n) is 9.57. The van der Waals surface area contributed by atoms with Gasteiger partial charge >= 0.3 is 0 Å². The van der Waals surface area contributed by atoms with Gasteiger partial charge in [-0.25, -0.2) is 4.98 Å². The monoisotopic (exact) mass is 422 g/mol. The van der Waals surface area contributed by atoms with Crippen LogP contribution >= 0.6 is 11.8 Å². The topological polar surface area (TPSA) is 77.5 Å². The molecule has 2 aromatic heterocycles. The summed E-state index contributed by atoms with van der Waals surface area (Å²) in [4.78, 5) is 16.8. The average Bonchev–Trinajstić information content (AvgIpc) is 3.41. The lowest BCUT2D eigenvalue weighted by atomic mass is 10.2. The highest BCUT2D eigenvalue weighted by Gasteiger charge is 2.14. The van der Waals surface area contributed by atoms with Crippen LogP contribution in [0.3, 0.4) is 0 Å². The average molecular weight is 423 g/mol. The number of thioether (sulfide) groups is 1. The van der Waals surface area contributed by atoms with Gasteiger partial charge in [0.1, 0.15) is 23.4 Å². The summed E-state index contributed by atoms with van der Waals surface area (Å²) in [6.45, 7) is 1.92. The van der Waals surface area contributed by atoms with E-state index in [1.807, 2.05) is 61.5 Å². The molecule has 0 aliphatic carbocycles. The number of oxazole rings is 1. The number of nitrogens with one attached hydrogen (secondary N) is 1. The maximum atomic E-state index is 12.3. The van der Waals surface area contributed by atoms with Gasteiger partial charge in [0.25, 0.3) is 0 Å². The Labute approximate surface area is 178 Å². The predicted molar refractivity (Wildman–Crippen MR) is 117 cm³/mol.